The fourth-order valence-electron chi connectivity index (χ4n) is 4.06. The molecule has 4 heterocycles. The summed E-state index contributed by atoms with van der Waals surface area (Å²) in [6.07, 6.45) is -3.46. The Morgan fingerprint density at radius 2 is 2.03 bits per heavy atom. The van der Waals surface area contributed by atoms with E-state index in [1.807, 2.05) is 30.3 Å². The number of rotatable bonds is 3. The second-order valence-corrected chi connectivity index (χ2v) is 8.79. The molecule has 1 aromatic carbocycles. The maximum atomic E-state index is 13.5. The maximum Gasteiger partial charge on any atom is 0.433 e. The Hall–Kier alpha value is -2.94. The van der Waals surface area contributed by atoms with E-state index in [4.69, 9.17) is 0 Å². The van der Waals surface area contributed by atoms with Crippen molar-refractivity contribution in [1.29, 1.82) is 0 Å². The molecule has 1 atom stereocenters. The molecule has 3 aromatic heterocycles. The highest BCUT2D eigenvalue weighted by molar-refractivity contribution is 7.20. The minimum absolute atomic E-state index is 0.0464. The molecule has 0 bridgehead atoms. The van der Waals surface area contributed by atoms with E-state index in [1.54, 1.807) is 17.9 Å². The molecule has 0 spiro atoms. The van der Waals surface area contributed by atoms with Crippen molar-refractivity contribution in [2.75, 3.05) is 13.1 Å². The van der Waals surface area contributed by atoms with Gasteiger partial charge in [0.1, 0.15) is 5.69 Å². The summed E-state index contributed by atoms with van der Waals surface area (Å²) in [6, 6.07) is 12.4. The number of alkyl halides is 3. The normalized spacial score (nSPS) is 17.2. The second kappa shape index (κ2) is 7.33. The number of thiophene rings is 1. The summed E-state index contributed by atoms with van der Waals surface area (Å²) in [6.45, 7) is 2.75. The quantitative estimate of drug-likeness (QED) is 0.439. The molecular weight excluding hydrogens is 425 g/mol. The lowest BCUT2D eigenvalue weighted by molar-refractivity contribution is -0.142. The largest absolute Gasteiger partial charge is 0.433 e. The van der Waals surface area contributed by atoms with E-state index in [0.29, 0.717) is 42.2 Å². The minimum atomic E-state index is -4.52. The van der Waals surface area contributed by atoms with Crippen molar-refractivity contribution in [2.24, 2.45) is 0 Å². The Labute approximate surface area is 180 Å². The Morgan fingerprint density at radius 3 is 2.77 bits per heavy atom. The van der Waals surface area contributed by atoms with Crippen LogP contribution in [0.1, 0.15) is 46.0 Å². The lowest BCUT2D eigenvalue weighted by atomic mass is 10.1. The van der Waals surface area contributed by atoms with E-state index >= 15 is 0 Å². The number of carbonyl (C=O) groups is 1. The van der Waals surface area contributed by atoms with Gasteiger partial charge in [-0.2, -0.15) is 18.3 Å². The zero-order valence-electron chi connectivity index (χ0n) is 16.7. The van der Waals surface area contributed by atoms with Gasteiger partial charge in [-0.05, 0) is 36.4 Å². The first-order chi connectivity index (χ1) is 14.8. The topological polar surface area (TPSA) is 50.5 Å². The summed E-state index contributed by atoms with van der Waals surface area (Å²) >= 11 is 1.46. The molecule has 0 saturated carbocycles. The monoisotopic (exact) mass is 444 g/mol. The number of aromatic nitrogens is 3. The Kier molecular flexibility index (Phi) is 4.73. The van der Waals surface area contributed by atoms with Crippen molar-refractivity contribution >= 4 is 33.0 Å². The highest BCUT2D eigenvalue weighted by Gasteiger charge is 2.36. The number of amides is 1. The first-order valence-electron chi connectivity index (χ1n) is 10.1. The van der Waals surface area contributed by atoms with Crippen molar-refractivity contribution < 1.29 is 18.0 Å². The van der Waals surface area contributed by atoms with E-state index in [-0.39, 0.29) is 17.5 Å². The standard InChI is InChI=1S/C22H19F3N4OS/c1-2-15-10-19(22(23,24)25)29-20(26-15)11-16(27-29)14-7-8-28(12-14)21(30)18-9-13-5-3-4-6-17(13)31-18/h3-6,9-11,14H,2,7-8,12H2,1H3/t14-/m0/s1. The van der Waals surface area contributed by atoms with Crippen LogP contribution < -0.4 is 0 Å². The minimum Gasteiger partial charge on any atom is -0.337 e. The molecule has 1 aliphatic rings. The van der Waals surface area contributed by atoms with Gasteiger partial charge < -0.3 is 4.90 Å². The van der Waals surface area contributed by atoms with Gasteiger partial charge in [-0.15, -0.1) is 11.3 Å². The molecule has 0 N–H and O–H groups in total. The van der Waals surface area contributed by atoms with Crippen LogP contribution in [-0.2, 0) is 12.6 Å². The summed E-state index contributed by atoms with van der Waals surface area (Å²) < 4.78 is 42.5. The summed E-state index contributed by atoms with van der Waals surface area (Å²) in [4.78, 5) is 19.7. The number of aryl methyl sites for hydroxylation is 1. The zero-order chi connectivity index (χ0) is 21.8. The molecule has 5 nitrogen and oxygen atoms in total. The average molecular weight is 444 g/mol. The lowest BCUT2D eigenvalue weighted by Gasteiger charge is -2.14. The van der Waals surface area contributed by atoms with Gasteiger partial charge >= 0.3 is 6.18 Å². The van der Waals surface area contributed by atoms with Gasteiger partial charge in [0.25, 0.3) is 5.91 Å². The summed E-state index contributed by atoms with van der Waals surface area (Å²) in [5.74, 6) is -0.166. The molecule has 9 heteroatoms. The van der Waals surface area contributed by atoms with Crippen LogP contribution in [0.25, 0.3) is 15.7 Å². The lowest BCUT2D eigenvalue weighted by Crippen LogP contribution is -2.27. The number of fused-ring (bicyclic) bond motifs is 2. The van der Waals surface area contributed by atoms with Crippen molar-refractivity contribution in [3.63, 3.8) is 0 Å². The Balaban J connectivity index is 1.42. The Bertz CT molecular complexity index is 1260. The molecule has 160 valence electrons. The fourth-order valence-corrected chi connectivity index (χ4v) is 5.09. The molecule has 1 amide bonds. The van der Waals surface area contributed by atoms with Gasteiger partial charge in [0, 0.05) is 35.5 Å². The Morgan fingerprint density at radius 1 is 1.23 bits per heavy atom. The van der Waals surface area contributed by atoms with Gasteiger partial charge in [-0.25, -0.2) is 9.50 Å². The van der Waals surface area contributed by atoms with Gasteiger partial charge in [0.2, 0.25) is 0 Å². The first-order valence-corrected chi connectivity index (χ1v) is 10.9. The number of benzene rings is 1. The molecule has 31 heavy (non-hydrogen) atoms. The van der Waals surface area contributed by atoms with Crippen molar-refractivity contribution in [3.05, 3.63) is 64.4 Å². The summed E-state index contributed by atoms with van der Waals surface area (Å²) in [5.41, 5.74) is 0.282. The van der Waals surface area contributed by atoms with Gasteiger partial charge in [-0.3, -0.25) is 4.79 Å². The van der Waals surface area contributed by atoms with Crippen LogP contribution in [0.3, 0.4) is 0 Å². The van der Waals surface area contributed by atoms with Crippen LogP contribution in [0, 0.1) is 0 Å². The molecule has 1 aliphatic heterocycles. The van der Waals surface area contributed by atoms with E-state index in [1.165, 1.54) is 11.3 Å². The number of halogens is 3. The molecule has 0 unspecified atom stereocenters. The number of hydrogen-bond acceptors (Lipinski definition) is 4. The highest BCUT2D eigenvalue weighted by Crippen LogP contribution is 2.34. The van der Waals surface area contributed by atoms with Gasteiger partial charge in [0.15, 0.2) is 5.65 Å². The van der Waals surface area contributed by atoms with E-state index in [0.717, 1.165) is 20.7 Å². The van der Waals surface area contributed by atoms with Crippen molar-refractivity contribution in [3.8, 4) is 0 Å². The third kappa shape index (κ3) is 3.56. The maximum absolute atomic E-state index is 13.5. The molecule has 0 radical (unpaired) electrons. The van der Waals surface area contributed by atoms with Crippen LogP contribution in [0.4, 0.5) is 13.2 Å². The van der Waals surface area contributed by atoms with Crippen LogP contribution in [0.5, 0.6) is 0 Å². The third-order valence-electron chi connectivity index (χ3n) is 5.68. The highest BCUT2D eigenvalue weighted by atomic mass is 32.1. The summed E-state index contributed by atoms with van der Waals surface area (Å²) in [7, 11) is 0. The van der Waals surface area contributed by atoms with Gasteiger partial charge in [-0.1, -0.05) is 25.1 Å². The fraction of sp³-hybridized carbons (Fsp3) is 0.318. The van der Waals surface area contributed by atoms with E-state index in [9.17, 15) is 18.0 Å². The van der Waals surface area contributed by atoms with Crippen LogP contribution in [0.2, 0.25) is 0 Å². The third-order valence-corrected chi connectivity index (χ3v) is 6.79. The van der Waals surface area contributed by atoms with Crippen LogP contribution in [0.15, 0.2) is 42.5 Å². The zero-order valence-corrected chi connectivity index (χ0v) is 17.5. The van der Waals surface area contributed by atoms with E-state index < -0.39 is 11.9 Å². The number of hydrogen-bond donors (Lipinski definition) is 0. The summed E-state index contributed by atoms with van der Waals surface area (Å²) in [5, 5.41) is 5.27. The molecular formula is C22H19F3N4OS. The van der Waals surface area contributed by atoms with Crippen LogP contribution >= 0.6 is 11.3 Å². The predicted octanol–water partition coefficient (Wildman–Crippen LogP) is 5.15. The molecule has 1 saturated heterocycles. The van der Waals surface area contributed by atoms with Crippen molar-refractivity contribution in [1.82, 2.24) is 19.5 Å². The molecule has 4 aromatic rings. The van der Waals surface area contributed by atoms with E-state index in [2.05, 4.69) is 10.1 Å². The first kappa shape index (κ1) is 20.0. The smallest absolute Gasteiger partial charge is 0.337 e. The number of nitrogens with zero attached hydrogens (tertiary/aromatic N) is 4. The van der Waals surface area contributed by atoms with Crippen LogP contribution in [-0.4, -0.2) is 38.5 Å². The van der Waals surface area contributed by atoms with Gasteiger partial charge in [0.05, 0.1) is 10.6 Å². The molecule has 1 fully saturated rings. The molecule has 0 aliphatic carbocycles. The number of likely N-dealkylation sites (tertiary alicyclic amines) is 1. The second-order valence-electron chi connectivity index (χ2n) is 7.71. The van der Waals surface area contributed by atoms with Crippen molar-refractivity contribution in [2.45, 2.75) is 31.9 Å². The molecule has 5 rings (SSSR count). The number of carbonyl (C=O) groups excluding carboxylic acids is 1. The predicted molar refractivity (Wildman–Crippen MR) is 112 cm³/mol. The SMILES string of the molecule is CCc1cc(C(F)(F)F)n2nc([C@H]3CCN(C(=O)c4cc5ccccc5s4)C3)cc2n1. The average Bonchev–Trinajstić information content (AvgIpc) is 3.48.